The van der Waals surface area contributed by atoms with Crippen LogP contribution in [0.2, 0.25) is 0 Å². The van der Waals surface area contributed by atoms with E-state index in [1.807, 2.05) is 12.1 Å². The van der Waals surface area contributed by atoms with E-state index in [4.69, 9.17) is 9.47 Å². The maximum Gasteiger partial charge on any atom is 0.319 e. The number of rotatable bonds is 4. The van der Waals surface area contributed by atoms with Crippen LogP contribution in [0.3, 0.4) is 0 Å². The van der Waals surface area contributed by atoms with Gasteiger partial charge in [-0.25, -0.2) is 4.90 Å². The molecule has 0 spiro atoms. The lowest BCUT2D eigenvalue weighted by Crippen LogP contribution is -2.57. The molecule has 1 N–H and O–H groups in total. The number of carboxylic acids is 1. The molecular formula is C29H21NO8. The Morgan fingerprint density at radius 3 is 1.76 bits per heavy atom. The molecule has 9 heteroatoms. The van der Waals surface area contributed by atoms with E-state index in [1.165, 1.54) is 32.0 Å². The van der Waals surface area contributed by atoms with Gasteiger partial charge in [-0.15, -0.1) is 0 Å². The number of carboxylic acid groups (broad SMARTS) is 1. The van der Waals surface area contributed by atoms with E-state index in [2.05, 4.69) is 0 Å². The van der Waals surface area contributed by atoms with Crippen LogP contribution in [0.5, 0.6) is 11.5 Å². The third-order valence-electron chi connectivity index (χ3n) is 7.60. The van der Waals surface area contributed by atoms with Crippen molar-refractivity contribution in [3.8, 4) is 11.5 Å². The first-order valence-corrected chi connectivity index (χ1v) is 12.0. The van der Waals surface area contributed by atoms with Crippen molar-refractivity contribution < 1.29 is 38.6 Å². The van der Waals surface area contributed by atoms with Gasteiger partial charge in [0.25, 0.3) is 0 Å². The number of imide groups is 1. The van der Waals surface area contributed by atoms with Crippen molar-refractivity contribution in [2.75, 3.05) is 4.90 Å². The molecular weight excluding hydrogens is 490 g/mol. The second-order valence-electron chi connectivity index (χ2n) is 9.63. The highest BCUT2D eigenvalue weighted by Gasteiger charge is 2.71. The van der Waals surface area contributed by atoms with Gasteiger partial charge in [0.05, 0.1) is 17.5 Å². The molecule has 7 rings (SSSR count). The fourth-order valence-corrected chi connectivity index (χ4v) is 6.53. The molecule has 190 valence electrons. The average Bonchev–Trinajstić information content (AvgIpc) is 3.13. The standard InChI is InChI=1S/C29H21NO8/c1-14(31)37-17-11-16(12-18(13-17)38-15(2)32)30-26(33)24-23-19-7-3-5-9-21(19)29(28(35)36,25(24)27(30)34)22-10-6-4-8-20(22)23/h3-13,23-25H,1-2H3,(H,35,36). The van der Waals surface area contributed by atoms with Gasteiger partial charge in [0.1, 0.15) is 16.9 Å². The van der Waals surface area contributed by atoms with Crippen LogP contribution in [0.15, 0.2) is 66.7 Å². The number of benzene rings is 3. The Morgan fingerprint density at radius 2 is 1.29 bits per heavy atom. The monoisotopic (exact) mass is 511 g/mol. The molecule has 3 aromatic carbocycles. The van der Waals surface area contributed by atoms with Gasteiger partial charge in [-0.1, -0.05) is 48.5 Å². The van der Waals surface area contributed by atoms with Crippen molar-refractivity contribution in [1.82, 2.24) is 0 Å². The van der Waals surface area contributed by atoms with Crippen LogP contribution in [0.25, 0.3) is 0 Å². The summed E-state index contributed by atoms with van der Waals surface area (Å²) in [5.74, 6) is -6.58. The molecule has 2 unspecified atom stereocenters. The van der Waals surface area contributed by atoms with Crippen LogP contribution in [0, 0.1) is 11.8 Å². The van der Waals surface area contributed by atoms with Crippen LogP contribution in [0.1, 0.15) is 42.0 Å². The molecule has 38 heavy (non-hydrogen) atoms. The molecule has 3 aliphatic carbocycles. The minimum absolute atomic E-state index is 0.0115. The van der Waals surface area contributed by atoms with Crippen molar-refractivity contribution in [3.63, 3.8) is 0 Å². The van der Waals surface area contributed by atoms with E-state index in [0.29, 0.717) is 22.3 Å². The minimum atomic E-state index is -1.78. The number of anilines is 1. The van der Waals surface area contributed by atoms with E-state index in [9.17, 15) is 29.1 Å². The third kappa shape index (κ3) is 3.01. The number of ether oxygens (including phenoxy) is 2. The average molecular weight is 511 g/mol. The topological polar surface area (TPSA) is 127 Å². The fraction of sp³-hybridized carbons (Fsp3) is 0.207. The first-order valence-electron chi connectivity index (χ1n) is 12.0. The summed E-state index contributed by atoms with van der Waals surface area (Å²) < 4.78 is 10.3. The Bertz CT molecular complexity index is 1510. The highest BCUT2D eigenvalue weighted by Crippen LogP contribution is 2.64. The van der Waals surface area contributed by atoms with E-state index in [0.717, 1.165) is 4.90 Å². The molecule has 2 amide bonds. The lowest BCUT2D eigenvalue weighted by molar-refractivity contribution is -0.149. The summed E-state index contributed by atoms with van der Waals surface area (Å²) in [5, 5.41) is 10.8. The molecule has 4 aliphatic rings. The van der Waals surface area contributed by atoms with Crippen molar-refractivity contribution in [1.29, 1.82) is 0 Å². The Balaban J connectivity index is 1.58. The fourth-order valence-electron chi connectivity index (χ4n) is 6.53. The van der Waals surface area contributed by atoms with Crippen LogP contribution in [-0.4, -0.2) is 34.8 Å². The Morgan fingerprint density at radius 1 is 0.789 bits per heavy atom. The van der Waals surface area contributed by atoms with Crippen molar-refractivity contribution in [2.24, 2.45) is 11.8 Å². The number of esters is 2. The first-order chi connectivity index (χ1) is 18.2. The molecule has 1 heterocycles. The van der Waals surface area contributed by atoms with Crippen LogP contribution >= 0.6 is 0 Å². The van der Waals surface area contributed by atoms with Gasteiger partial charge in [0, 0.05) is 38.0 Å². The van der Waals surface area contributed by atoms with Crippen molar-refractivity contribution >= 4 is 35.4 Å². The van der Waals surface area contributed by atoms with Crippen LogP contribution in [-0.2, 0) is 29.4 Å². The molecule has 3 aromatic rings. The maximum absolute atomic E-state index is 14.2. The summed E-state index contributed by atoms with van der Waals surface area (Å²) in [6.45, 7) is 2.36. The van der Waals surface area contributed by atoms with Crippen molar-refractivity contribution in [3.05, 3.63) is 89.0 Å². The molecule has 1 saturated heterocycles. The third-order valence-corrected chi connectivity index (χ3v) is 7.60. The lowest BCUT2D eigenvalue weighted by atomic mass is 9.47. The summed E-state index contributed by atoms with van der Waals surface area (Å²) in [5.41, 5.74) is 0.626. The number of carbonyl (C=O) groups is 5. The summed E-state index contributed by atoms with van der Waals surface area (Å²) >= 11 is 0. The van der Waals surface area contributed by atoms with Gasteiger partial charge in [-0.3, -0.25) is 24.0 Å². The van der Waals surface area contributed by atoms with Gasteiger partial charge in [0.15, 0.2) is 0 Å². The summed E-state index contributed by atoms with van der Waals surface area (Å²) in [6, 6.07) is 18.0. The zero-order chi connectivity index (χ0) is 26.9. The number of hydrogen-bond donors (Lipinski definition) is 1. The maximum atomic E-state index is 14.2. The van der Waals surface area contributed by atoms with Gasteiger partial charge in [-0.2, -0.15) is 0 Å². The predicted octanol–water partition coefficient (Wildman–Crippen LogP) is 3.17. The first kappa shape index (κ1) is 23.6. The molecule has 0 aromatic heterocycles. The van der Waals surface area contributed by atoms with Crippen LogP contribution < -0.4 is 14.4 Å². The SMILES string of the molecule is CC(=O)Oc1cc(OC(C)=O)cc(N2C(=O)C3C4c5ccccc5C(C(=O)O)(c5ccccc54)C3C2=O)c1. The number of hydrogen-bond acceptors (Lipinski definition) is 7. The molecule has 1 fully saturated rings. The number of amides is 2. The highest BCUT2D eigenvalue weighted by molar-refractivity contribution is 6.25. The van der Waals surface area contributed by atoms with Crippen LogP contribution in [0.4, 0.5) is 5.69 Å². The minimum Gasteiger partial charge on any atom is -0.480 e. The van der Waals surface area contributed by atoms with Crippen molar-refractivity contribution in [2.45, 2.75) is 25.2 Å². The summed E-state index contributed by atoms with van der Waals surface area (Å²) in [7, 11) is 0. The second kappa shape index (κ2) is 8.11. The Kier molecular flexibility index (Phi) is 5.03. The zero-order valence-corrected chi connectivity index (χ0v) is 20.3. The molecule has 1 aliphatic heterocycles. The van der Waals surface area contributed by atoms with Gasteiger partial charge in [0.2, 0.25) is 11.8 Å². The largest absolute Gasteiger partial charge is 0.480 e. The second-order valence-corrected chi connectivity index (χ2v) is 9.63. The predicted molar refractivity (Wildman–Crippen MR) is 132 cm³/mol. The molecule has 0 saturated carbocycles. The Labute approximate surface area is 216 Å². The zero-order valence-electron chi connectivity index (χ0n) is 20.3. The highest BCUT2D eigenvalue weighted by atomic mass is 16.5. The summed E-state index contributed by atoms with van der Waals surface area (Å²) in [6.07, 6.45) is 0. The molecule has 2 bridgehead atoms. The van der Waals surface area contributed by atoms with Gasteiger partial charge >= 0.3 is 17.9 Å². The van der Waals surface area contributed by atoms with E-state index in [-0.39, 0.29) is 17.2 Å². The number of nitrogens with zero attached hydrogens (tertiary/aromatic N) is 1. The molecule has 9 nitrogen and oxygen atoms in total. The quantitative estimate of drug-likeness (QED) is 0.322. The Hall–Kier alpha value is -4.79. The smallest absolute Gasteiger partial charge is 0.319 e. The molecule has 2 atom stereocenters. The molecule has 0 radical (unpaired) electrons. The lowest BCUT2D eigenvalue weighted by Gasteiger charge is -2.51. The van der Waals surface area contributed by atoms with E-state index < -0.39 is 52.9 Å². The summed E-state index contributed by atoms with van der Waals surface area (Å²) in [4.78, 5) is 65.7. The number of carbonyl (C=O) groups excluding carboxylic acids is 4. The van der Waals surface area contributed by atoms with E-state index in [1.54, 1.807) is 36.4 Å². The van der Waals surface area contributed by atoms with Gasteiger partial charge < -0.3 is 14.6 Å². The van der Waals surface area contributed by atoms with Gasteiger partial charge in [-0.05, 0) is 22.3 Å². The normalized spacial score (nSPS) is 24.4. The number of aliphatic carboxylic acids is 1. The van der Waals surface area contributed by atoms with E-state index >= 15 is 0 Å².